The van der Waals surface area contributed by atoms with E-state index < -0.39 is 5.60 Å². The second kappa shape index (κ2) is 7.01. The lowest BCUT2D eigenvalue weighted by atomic mass is 10.0. The zero-order valence-corrected chi connectivity index (χ0v) is 12.9. The van der Waals surface area contributed by atoms with Crippen LogP contribution in [0.25, 0.3) is 0 Å². The molecule has 0 spiro atoms. The summed E-state index contributed by atoms with van der Waals surface area (Å²) in [6.45, 7) is 4.82. The molecule has 0 aliphatic heterocycles. The van der Waals surface area contributed by atoms with Crippen molar-refractivity contribution in [2.24, 2.45) is 0 Å². The second-order valence-electron chi connectivity index (χ2n) is 5.56. The van der Waals surface area contributed by atoms with Crippen molar-refractivity contribution in [1.29, 1.82) is 5.26 Å². The fraction of sp³-hybridized carbons (Fsp3) is 0.353. The van der Waals surface area contributed by atoms with Gasteiger partial charge >= 0.3 is 0 Å². The highest BCUT2D eigenvalue weighted by Gasteiger charge is 2.23. The Balaban J connectivity index is 2.26. The van der Waals surface area contributed by atoms with Gasteiger partial charge in [0.25, 0.3) is 0 Å². The molecular formula is C17H20N4O. The van der Waals surface area contributed by atoms with Crippen LogP contribution in [0.5, 0.6) is 0 Å². The van der Waals surface area contributed by atoms with Crippen LogP contribution in [0.15, 0.2) is 42.7 Å². The van der Waals surface area contributed by atoms with Crippen molar-refractivity contribution in [2.45, 2.75) is 32.4 Å². The summed E-state index contributed by atoms with van der Waals surface area (Å²) < 4.78 is 0. The van der Waals surface area contributed by atoms with Crippen molar-refractivity contribution in [3.63, 3.8) is 0 Å². The molecule has 1 N–H and O–H groups in total. The molecule has 5 nitrogen and oxygen atoms in total. The summed E-state index contributed by atoms with van der Waals surface area (Å²) in [5, 5.41) is 19.2. The van der Waals surface area contributed by atoms with Crippen LogP contribution in [0.1, 0.15) is 31.5 Å². The smallest absolute Gasteiger partial charge is 0.158 e. The number of aliphatic hydroxyl groups is 1. The molecule has 0 radical (unpaired) electrons. The van der Waals surface area contributed by atoms with Crippen molar-refractivity contribution in [3.05, 3.63) is 54.0 Å². The molecule has 0 saturated heterocycles. The molecule has 0 saturated carbocycles. The van der Waals surface area contributed by atoms with Gasteiger partial charge in [-0.15, -0.1) is 0 Å². The van der Waals surface area contributed by atoms with Gasteiger partial charge in [0.1, 0.15) is 11.9 Å². The normalized spacial score (nSPS) is 13.2. The average Bonchev–Trinajstić information content (AvgIpc) is 2.55. The maximum Gasteiger partial charge on any atom is 0.158 e. The Morgan fingerprint density at radius 1 is 1.23 bits per heavy atom. The predicted octanol–water partition coefficient (Wildman–Crippen LogP) is 2.52. The van der Waals surface area contributed by atoms with E-state index in [0.29, 0.717) is 25.3 Å². The van der Waals surface area contributed by atoms with Crippen LogP contribution < -0.4 is 4.90 Å². The molecule has 1 aromatic carbocycles. The topological polar surface area (TPSA) is 73.0 Å². The zero-order chi connectivity index (χ0) is 16.0. The van der Waals surface area contributed by atoms with E-state index in [1.54, 1.807) is 6.20 Å². The zero-order valence-electron chi connectivity index (χ0n) is 12.9. The number of nitrogens with zero attached hydrogens (tertiary/aromatic N) is 4. The van der Waals surface area contributed by atoms with Crippen molar-refractivity contribution in [1.82, 2.24) is 9.97 Å². The van der Waals surface area contributed by atoms with E-state index in [0.717, 1.165) is 5.56 Å². The third-order valence-corrected chi connectivity index (χ3v) is 3.59. The highest BCUT2D eigenvalue weighted by atomic mass is 16.3. The Kier molecular flexibility index (Phi) is 5.08. The van der Waals surface area contributed by atoms with Gasteiger partial charge in [-0.3, -0.25) is 0 Å². The highest BCUT2D eigenvalue weighted by Crippen LogP contribution is 2.19. The number of hydrogen-bond acceptors (Lipinski definition) is 5. The van der Waals surface area contributed by atoms with Crippen LogP contribution in [-0.4, -0.2) is 27.2 Å². The Bertz CT molecular complexity index is 632. The van der Waals surface area contributed by atoms with Crippen molar-refractivity contribution < 1.29 is 5.11 Å². The molecule has 2 rings (SSSR count). The Labute approximate surface area is 130 Å². The summed E-state index contributed by atoms with van der Waals surface area (Å²) in [6, 6.07) is 12.0. The Morgan fingerprint density at radius 2 is 1.95 bits per heavy atom. The summed E-state index contributed by atoms with van der Waals surface area (Å²) in [7, 11) is 0. The number of anilines is 1. The van der Waals surface area contributed by atoms with E-state index in [-0.39, 0.29) is 5.69 Å². The van der Waals surface area contributed by atoms with Gasteiger partial charge in [-0.25, -0.2) is 9.97 Å². The molecule has 0 aliphatic rings. The summed E-state index contributed by atoms with van der Waals surface area (Å²) in [6.07, 6.45) is 3.67. The molecule has 0 unspecified atom stereocenters. The molecule has 0 amide bonds. The lowest BCUT2D eigenvalue weighted by Crippen LogP contribution is -2.40. The van der Waals surface area contributed by atoms with Crippen LogP contribution >= 0.6 is 0 Å². The van der Waals surface area contributed by atoms with Crippen molar-refractivity contribution in [2.75, 3.05) is 11.4 Å². The fourth-order valence-electron chi connectivity index (χ4n) is 2.09. The van der Waals surface area contributed by atoms with Crippen LogP contribution in [0.4, 0.5) is 5.82 Å². The molecule has 1 heterocycles. The summed E-state index contributed by atoms with van der Waals surface area (Å²) >= 11 is 0. The SMILES string of the molecule is CC[C@@](C)(O)CN(Cc1ccccc1)c1cnc(C#N)cn1. The van der Waals surface area contributed by atoms with Gasteiger partial charge < -0.3 is 10.0 Å². The third-order valence-electron chi connectivity index (χ3n) is 3.59. The molecule has 114 valence electrons. The number of nitriles is 1. The first-order valence-electron chi connectivity index (χ1n) is 7.27. The van der Waals surface area contributed by atoms with Gasteiger partial charge in [0, 0.05) is 13.1 Å². The number of aromatic nitrogens is 2. The van der Waals surface area contributed by atoms with Crippen LogP contribution in [0, 0.1) is 11.3 Å². The van der Waals surface area contributed by atoms with Gasteiger partial charge in [0.2, 0.25) is 0 Å². The average molecular weight is 296 g/mol. The summed E-state index contributed by atoms with van der Waals surface area (Å²) in [5.74, 6) is 0.650. The van der Waals surface area contributed by atoms with E-state index >= 15 is 0 Å². The minimum atomic E-state index is -0.815. The molecule has 22 heavy (non-hydrogen) atoms. The van der Waals surface area contributed by atoms with E-state index in [1.807, 2.05) is 55.1 Å². The van der Waals surface area contributed by atoms with Gasteiger partial charge in [-0.2, -0.15) is 5.26 Å². The minimum Gasteiger partial charge on any atom is -0.388 e. The van der Waals surface area contributed by atoms with Crippen LogP contribution in [0.3, 0.4) is 0 Å². The molecule has 2 aromatic rings. The molecule has 0 aliphatic carbocycles. The van der Waals surface area contributed by atoms with Crippen LogP contribution in [-0.2, 0) is 6.54 Å². The first-order valence-corrected chi connectivity index (χ1v) is 7.27. The van der Waals surface area contributed by atoms with E-state index in [9.17, 15) is 5.11 Å². The molecular weight excluding hydrogens is 276 g/mol. The predicted molar refractivity (Wildman–Crippen MR) is 85.2 cm³/mol. The lowest BCUT2D eigenvalue weighted by Gasteiger charge is -2.31. The molecule has 0 bridgehead atoms. The molecule has 0 fully saturated rings. The Hall–Kier alpha value is -2.45. The first kappa shape index (κ1) is 15.9. The maximum absolute atomic E-state index is 10.4. The summed E-state index contributed by atoms with van der Waals surface area (Å²) in [4.78, 5) is 10.3. The Morgan fingerprint density at radius 3 is 2.50 bits per heavy atom. The summed E-state index contributed by atoms with van der Waals surface area (Å²) in [5.41, 5.74) is 0.593. The molecule has 1 aromatic heterocycles. The van der Waals surface area contributed by atoms with E-state index in [1.165, 1.54) is 6.20 Å². The van der Waals surface area contributed by atoms with E-state index in [2.05, 4.69) is 9.97 Å². The molecule has 1 atom stereocenters. The number of benzene rings is 1. The van der Waals surface area contributed by atoms with Crippen LogP contribution in [0.2, 0.25) is 0 Å². The largest absolute Gasteiger partial charge is 0.388 e. The van der Waals surface area contributed by atoms with Gasteiger partial charge in [0.15, 0.2) is 5.69 Å². The van der Waals surface area contributed by atoms with Crippen molar-refractivity contribution >= 4 is 5.82 Å². The monoisotopic (exact) mass is 296 g/mol. The van der Waals surface area contributed by atoms with Gasteiger partial charge in [-0.1, -0.05) is 37.3 Å². The number of hydrogen-bond donors (Lipinski definition) is 1. The molecule has 5 heteroatoms. The van der Waals surface area contributed by atoms with E-state index in [4.69, 9.17) is 5.26 Å². The van der Waals surface area contributed by atoms with Gasteiger partial charge in [-0.05, 0) is 18.9 Å². The van der Waals surface area contributed by atoms with Gasteiger partial charge in [0.05, 0.1) is 18.0 Å². The number of rotatable bonds is 6. The fourth-order valence-corrected chi connectivity index (χ4v) is 2.09. The highest BCUT2D eigenvalue weighted by molar-refractivity contribution is 5.39. The minimum absolute atomic E-state index is 0.283. The quantitative estimate of drug-likeness (QED) is 0.886. The van der Waals surface area contributed by atoms with Crippen molar-refractivity contribution in [3.8, 4) is 6.07 Å². The first-order chi connectivity index (χ1) is 10.5. The standard InChI is InChI=1S/C17H20N4O/c1-3-17(2,22)13-21(12-14-7-5-4-6-8-14)16-11-19-15(9-18)10-20-16/h4-8,10-11,22H,3,12-13H2,1-2H3/t17-/m1/s1. The third kappa shape index (κ3) is 4.27. The maximum atomic E-state index is 10.4. The second-order valence-corrected chi connectivity index (χ2v) is 5.56. The lowest BCUT2D eigenvalue weighted by molar-refractivity contribution is 0.0624.